The van der Waals surface area contributed by atoms with Crippen LogP contribution < -0.4 is 0 Å². The molecule has 2 rings (SSSR count). The number of rotatable bonds is 4. The lowest BCUT2D eigenvalue weighted by molar-refractivity contribution is 0.111. The number of hydrogen-bond donors (Lipinski definition) is 0. The van der Waals surface area contributed by atoms with Gasteiger partial charge >= 0.3 is 0 Å². The smallest absolute Gasteiger partial charge is 0.168 e. The molecule has 0 unspecified atom stereocenters. The van der Waals surface area contributed by atoms with Crippen molar-refractivity contribution >= 4 is 17.9 Å². The van der Waals surface area contributed by atoms with Gasteiger partial charge in [-0.2, -0.15) is 0 Å². The van der Waals surface area contributed by atoms with Crippen LogP contribution in [-0.2, 0) is 12.8 Å². The SMILES string of the molecule is CC.O=Cc1ncccc1CCc1cccc(Cl)c1. The third-order valence-corrected chi connectivity index (χ3v) is 2.84. The number of aryl methyl sites for hydroxylation is 2. The average Bonchev–Trinajstić information content (AvgIpc) is 2.47. The number of carbonyl (C=O) groups excluding carboxylic acids is 1. The number of aromatic nitrogens is 1. The number of pyridine rings is 1. The number of carbonyl (C=O) groups is 1. The molecule has 2 nitrogen and oxygen atoms in total. The summed E-state index contributed by atoms with van der Waals surface area (Å²) in [5.74, 6) is 0. The molecule has 0 saturated heterocycles. The maximum atomic E-state index is 10.8. The van der Waals surface area contributed by atoms with Gasteiger partial charge in [0.1, 0.15) is 5.69 Å². The summed E-state index contributed by atoms with van der Waals surface area (Å²) in [5, 5.41) is 0.740. The van der Waals surface area contributed by atoms with Gasteiger partial charge in [0, 0.05) is 11.2 Å². The molecule has 1 aromatic heterocycles. The van der Waals surface area contributed by atoms with E-state index in [1.165, 1.54) is 5.56 Å². The highest BCUT2D eigenvalue weighted by Crippen LogP contribution is 2.14. The third kappa shape index (κ3) is 4.84. The van der Waals surface area contributed by atoms with Crippen LogP contribution in [-0.4, -0.2) is 11.3 Å². The summed E-state index contributed by atoms with van der Waals surface area (Å²) >= 11 is 5.92. The fourth-order valence-corrected chi connectivity index (χ4v) is 1.95. The molecule has 0 spiro atoms. The molecular weight excluding hydrogens is 258 g/mol. The Morgan fingerprint density at radius 3 is 2.63 bits per heavy atom. The fourth-order valence-electron chi connectivity index (χ4n) is 1.74. The van der Waals surface area contributed by atoms with Gasteiger partial charge in [-0.05, 0) is 42.2 Å². The number of halogens is 1. The fraction of sp³-hybridized carbons (Fsp3) is 0.250. The Bertz CT molecular complexity index is 526. The molecule has 1 heterocycles. The third-order valence-electron chi connectivity index (χ3n) is 2.61. The average molecular weight is 276 g/mol. The Hall–Kier alpha value is -1.67. The Kier molecular flexibility index (Phi) is 6.83. The van der Waals surface area contributed by atoms with Crippen LogP contribution in [0.2, 0.25) is 5.02 Å². The Balaban J connectivity index is 0.000000861. The zero-order chi connectivity index (χ0) is 14.1. The summed E-state index contributed by atoms with van der Waals surface area (Å²) in [7, 11) is 0. The second-order valence-corrected chi connectivity index (χ2v) is 4.23. The number of aldehydes is 1. The molecule has 100 valence electrons. The normalized spacial score (nSPS) is 9.42. The maximum Gasteiger partial charge on any atom is 0.168 e. The van der Waals surface area contributed by atoms with Crippen LogP contribution in [0.15, 0.2) is 42.6 Å². The summed E-state index contributed by atoms with van der Waals surface area (Å²) in [6, 6.07) is 11.5. The van der Waals surface area contributed by atoms with E-state index in [0.29, 0.717) is 5.69 Å². The summed E-state index contributed by atoms with van der Waals surface area (Å²) in [5.41, 5.74) is 2.66. The monoisotopic (exact) mass is 275 g/mol. The van der Waals surface area contributed by atoms with Crippen molar-refractivity contribution in [2.24, 2.45) is 0 Å². The lowest BCUT2D eigenvalue weighted by atomic mass is 10.0. The van der Waals surface area contributed by atoms with Crippen molar-refractivity contribution in [3.8, 4) is 0 Å². The van der Waals surface area contributed by atoms with Crippen molar-refractivity contribution in [2.75, 3.05) is 0 Å². The minimum atomic E-state index is 0.523. The lowest BCUT2D eigenvalue weighted by Gasteiger charge is -2.04. The molecule has 0 radical (unpaired) electrons. The highest BCUT2D eigenvalue weighted by Gasteiger charge is 2.02. The molecule has 0 fully saturated rings. The Morgan fingerprint density at radius 2 is 1.95 bits per heavy atom. The van der Waals surface area contributed by atoms with E-state index in [1.807, 2.05) is 50.2 Å². The van der Waals surface area contributed by atoms with Crippen LogP contribution in [0.5, 0.6) is 0 Å². The summed E-state index contributed by atoms with van der Waals surface area (Å²) in [6.07, 6.45) is 4.08. The second-order valence-electron chi connectivity index (χ2n) is 3.80. The largest absolute Gasteiger partial charge is 0.296 e. The minimum Gasteiger partial charge on any atom is -0.296 e. The van der Waals surface area contributed by atoms with Gasteiger partial charge in [0.25, 0.3) is 0 Å². The molecule has 0 saturated carbocycles. The van der Waals surface area contributed by atoms with Crippen molar-refractivity contribution in [2.45, 2.75) is 26.7 Å². The molecule has 0 N–H and O–H groups in total. The first-order valence-electron chi connectivity index (χ1n) is 6.43. The van der Waals surface area contributed by atoms with Gasteiger partial charge in [0.15, 0.2) is 6.29 Å². The zero-order valence-electron chi connectivity index (χ0n) is 11.3. The van der Waals surface area contributed by atoms with E-state index in [1.54, 1.807) is 6.20 Å². The molecular formula is C16H18ClNO. The van der Waals surface area contributed by atoms with E-state index in [2.05, 4.69) is 4.98 Å². The predicted molar refractivity (Wildman–Crippen MR) is 79.8 cm³/mol. The van der Waals surface area contributed by atoms with Gasteiger partial charge in [-0.1, -0.05) is 43.6 Å². The highest BCUT2D eigenvalue weighted by atomic mass is 35.5. The van der Waals surface area contributed by atoms with E-state index in [-0.39, 0.29) is 0 Å². The topological polar surface area (TPSA) is 30.0 Å². The minimum absolute atomic E-state index is 0.523. The summed E-state index contributed by atoms with van der Waals surface area (Å²) in [4.78, 5) is 14.8. The van der Waals surface area contributed by atoms with Crippen molar-refractivity contribution in [1.82, 2.24) is 4.98 Å². The van der Waals surface area contributed by atoms with Gasteiger partial charge < -0.3 is 0 Å². The van der Waals surface area contributed by atoms with E-state index < -0.39 is 0 Å². The molecule has 0 atom stereocenters. The molecule has 1 aromatic carbocycles. The molecule has 0 amide bonds. The van der Waals surface area contributed by atoms with Crippen molar-refractivity contribution in [1.29, 1.82) is 0 Å². The van der Waals surface area contributed by atoms with Gasteiger partial charge in [-0.15, -0.1) is 0 Å². The standard InChI is InChI=1S/C14H12ClNO.C2H6/c15-13-5-1-3-11(9-13)6-7-12-4-2-8-16-14(12)10-17;1-2/h1-5,8-10H,6-7H2;1-2H3. The van der Waals surface area contributed by atoms with E-state index >= 15 is 0 Å². The highest BCUT2D eigenvalue weighted by molar-refractivity contribution is 6.30. The van der Waals surface area contributed by atoms with Gasteiger partial charge in [-0.25, -0.2) is 0 Å². The number of nitrogens with zero attached hydrogens (tertiary/aromatic N) is 1. The van der Waals surface area contributed by atoms with Crippen LogP contribution in [0.4, 0.5) is 0 Å². The van der Waals surface area contributed by atoms with Crippen LogP contribution in [0.1, 0.15) is 35.5 Å². The van der Waals surface area contributed by atoms with Crippen molar-refractivity contribution in [3.63, 3.8) is 0 Å². The molecule has 0 bridgehead atoms. The van der Waals surface area contributed by atoms with E-state index in [0.717, 1.165) is 29.7 Å². The zero-order valence-corrected chi connectivity index (χ0v) is 12.0. The number of benzene rings is 1. The van der Waals surface area contributed by atoms with Gasteiger partial charge in [-0.3, -0.25) is 9.78 Å². The first-order valence-corrected chi connectivity index (χ1v) is 6.81. The van der Waals surface area contributed by atoms with Crippen LogP contribution in [0, 0.1) is 0 Å². The Labute approximate surface area is 119 Å². The first-order chi connectivity index (χ1) is 9.29. The van der Waals surface area contributed by atoms with Crippen LogP contribution in [0.25, 0.3) is 0 Å². The van der Waals surface area contributed by atoms with Crippen molar-refractivity contribution < 1.29 is 4.79 Å². The molecule has 3 heteroatoms. The van der Waals surface area contributed by atoms with Gasteiger partial charge in [0.2, 0.25) is 0 Å². The summed E-state index contributed by atoms with van der Waals surface area (Å²) in [6.45, 7) is 4.00. The van der Waals surface area contributed by atoms with Gasteiger partial charge in [0.05, 0.1) is 0 Å². The number of hydrogen-bond acceptors (Lipinski definition) is 2. The molecule has 19 heavy (non-hydrogen) atoms. The van der Waals surface area contributed by atoms with E-state index in [9.17, 15) is 4.79 Å². The molecule has 0 aliphatic carbocycles. The van der Waals surface area contributed by atoms with Crippen molar-refractivity contribution in [3.05, 3.63) is 64.4 Å². The lowest BCUT2D eigenvalue weighted by Crippen LogP contribution is -1.98. The first kappa shape index (κ1) is 15.4. The summed E-state index contributed by atoms with van der Waals surface area (Å²) < 4.78 is 0. The molecule has 0 aliphatic heterocycles. The molecule has 0 aliphatic rings. The predicted octanol–water partition coefficient (Wildman–Crippen LogP) is 4.36. The molecule has 2 aromatic rings. The van der Waals surface area contributed by atoms with E-state index in [4.69, 9.17) is 11.6 Å². The second kappa shape index (κ2) is 8.44. The quantitative estimate of drug-likeness (QED) is 0.776. The van der Waals surface area contributed by atoms with Crippen LogP contribution >= 0.6 is 11.6 Å². The van der Waals surface area contributed by atoms with Crippen LogP contribution in [0.3, 0.4) is 0 Å². The Morgan fingerprint density at radius 1 is 1.16 bits per heavy atom. The maximum absolute atomic E-state index is 10.8.